The Bertz CT molecular complexity index is 1250. The van der Waals surface area contributed by atoms with Crippen LogP contribution < -0.4 is 0 Å². The quantitative estimate of drug-likeness (QED) is 0.416. The summed E-state index contributed by atoms with van der Waals surface area (Å²) < 4.78 is 2.13. The number of nitrogens with zero attached hydrogens (tertiary/aromatic N) is 4. The summed E-state index contributed by atoms with van der Waals surface area (Å²) in [5.41, 5.74) is 3.86. The molecule has 7 rings (SSSR count). The fourth-order valence-corrected chi connectivity index (χ4v) is 9.16. The summed E-state index contributed by atoms with van der Waals surface area (Å²) in [5.74, 6) is 3.40. The molecule has 3 aromatic rings. The van der Waals surface area contributed by atoms with Crippen LogP contribution in [0, 0.1) is 34.5 Å². The molecule has 0 N–H and O–H groups in total. The minimum absolute atomic E-state index is 0.318. The first-order valence-electron chi connectivity index (χ1n) is 13.5. The second-order valence-corrected chi connectivity index (χ2v) is 12.2. The molecule has 4 aliphatic rings. The molecule has 1 aromatic carbocycles. The van der Waals surface area contributed by atoms with Crippen molar-refractivity contribution in [2.75, 3.05) is 0 Å². The largest absolute Gasteiger partial charge is 0.264 e. The van der Waals surface area contributed by atoms with Gasteiger partial charge in [-0.25, -0.2) is 4.68 Å². The zero-order valence-electron chi connectivity index (χ0n) is 20.5. The van der Waals surface area contributed by atoms with Gasteiger partial charge in [0.15, 0.2) is 0 Å². The molecule has 0 aliphatic heterocycles. The number of benzene rings is 1. The van der Waals surface area contributed by atoms with E-state index < -0.39 is 0 Å². The van der Waals surface area contributed by atoms with E-state index in [-0.39, 0.29) is 0 Å². The fraction of sp³-hybridized carbons (Fsp3) is 0.567. The third kappa shape index (κ3) is 2.93. The summed E-state index contributed by atoms with van der Waals surface area (Å²) in [4.78, 5) is 4.37. The Balaban J connectivity index is 1.15. The molecule has 4 nitrogen and oxygen atoms in total. The predicted octanol–water partition coefficient (Wildman–Crippen LogP) is 7.10. The number of allylic oxidation sites excluding steroid dienone is 2. The second kappa shape index (κ2) is 7.50. The lowest BCUT2D eigenvalue weighted by atomic mass is 9.44. The van der Waals surface area contributed by atoms with E-state index >= 15 is 0 Å². The maximum absolute atomic E-state index is 4.37. The second-order valence-electron chi connectivity index (χ2n) is 12.2. The Hall–Kier alpha value is -2.49. The summed E-state index contributed by atoms with van der Waals surface area (Å²) in [7, 11) is 0. The normalized spacial score (nSPS) is 39.2. The molecule has 0 bridgehead atoms. The van der Waals surface area contributed by atoms with Crippen molar-refractivity contribution in [2.45, 2.75) is 71.3 Å². The van der Waals surface area contributed by atoms with Gasteiger partial charge in [-0.3, -0.25) is 4.98 Å². The van der Waals surface area contributed by atoms with E-state index in [1.807, 2.05) is 18.6 Å². The molecule has 2 unspecified atom stereocenters. The highest BCUT2D eigenvalue weighted by Gasteiger charge is 2.58. The van der Waals surface area contributed by atoms with Crippen LogP contribution in [0.5, 0.6) is 0 Å². The van der Waals surface area contributed by atoms with Gasteiger partial charge in [-0.05, 0) is 115 Å². The van der Waals surface area contributed by atoms with Crippen molar-refractivity contribution in [3.05, 3.63) is 60.7 Å². The minimum Gasteiger partial charge on any atom is -0.264 e. The van der Waals surface area contributed by atoms with Gasteiger partial charge in [0, 0.05) is 24.0 Å². The van der Waals surface area contributed by atoms with Crippen LogP contribution in [-0.2, 0) is 0 Å². The molecule has 4 heteroatoms. The molecule has 3 fully saturated rings. The summed E-state index contributed by atoms with van der Waals surface area (Å²) in [5, 5.41) is 11.0. The van der Waals surface area contributed by atoms with E-state index in [0.717, 1.165) is 23.7 Å². The number of aromatic nitrogens is 4. The molecule has 4 aliphatic carbocycles. The maximum atomic E-state index is 4.37. The van der Waals surface area contributed by atoms with Crippen LogP contribution in [0.2, 0.25) is 0 Å². The van der Waals surface area contributed by atoms with Crippen molar-refractivity contribution in [2.24, 2.45) is 34.5 Å². The van der Waals surface area contributed by atoms with Crippen molar-refractivity contribution >= 4 is 16.3 Å². The van der Waals surface area contributed by atoms with Gasteiger partial charge in [-0.1, -0.05) is 37.3 Å². The highest BCUT2D eigenvalue weighted by atomic mass is 15.4. The van der Waals surface area contributed by atoms with E-state index in [4.69, 9.17) is 0 Å². The van der Waals surface area contributed by atoms with E-state index in [2.05, 4.69) is 70.4 Å². The Kier molecular flexibility index (Phi) is 4.60. The van der Waals surface area contributed by atoms with Gasteiger partial charge in [0.25, 0.3) is 0 Å². The van der Waals surface area contributed by atoms with E-state index in [1.165, 1.54) is 67.7 Å². The van der Waals surface area contributed by atoms with Crippen molar-refractivity contribution < 1.29 is 0 Å². The number of hydrogen-bond acceptors (Lipinski definition) is 3. The lowest BCUT2D eigenvalue weighted by Gasteiger charge is -2.61. The molecule has 3 saturated carbocycles. The molecule has 34 heavy (non-hydrogen) atoms. The molecule has 176 valence electrons. The molecular formula is C30H36N4. The molecule has 2 heterocycles. The Labute approximate surface area is 202 Å². The zero-order valence-corrected chi connectivity index (χ0v) is 20.5. The molecule has 0 saturated heterocycles. The van der Waals surface area contributed by atoms with Crippen LogP contribution in [0.25, 0.3) is 16.3 Å². The molecule has 0 amide bonds. The first-order chi connectivity index (χ1) is 16.6. The minimum atomic E-state index is 0.318. The van der Waals surface area contributed by atoms with Gasteiger partial charge in [0.05, 0.1) is 12.2 Å². The van der Waals surface area contributed by atoms with Crippen LogP contribution >= 0.6 is 0 Å². The van der Waals surface area contributed by atoms with E-state index in [0.29, 0.717) is 16.9 Å². The number of rotatable bonds is 2. The van der Waals surface area contributed by atoms with Crippen LogP contribution in [0.1, 0.15) is 76.8 Å². The van der Waals surface area contributed by atoms with Crippen LogP contribution in [0.15, 0.2) is 55.1 Å². The van der Waals surface area contributed by atoms with Crippen LogP contribution in [-0.4, -0.2) is 20.0 Å². The number of hydrogen-bond donors (Lipinski definition) is 0. The monoisotopic (exact) mass is 452 g/mol. The molecule has 0 radical (unpaired) electrons. The van der Waals surface area contributed by atoms with Gasteiger partial charge in [0.2, 0.25) is 0 Å². The third-order valence-electron chi connectivity index (χ3n) is 11.0. The van der Waals surface area contributed by atoms with E-state index in [1.54, 1.807) is 5.57 Å². The van der Waals surface area contributed by atoms with Gasteiger partial charge >= 0.3 is 0 Å². The third-order valence-corrected chi connectivity index (χ3v) is 11.0. The first-order valence-corrected chi connectivity index (χ1v) is 13.5. The van der Waals surface area contributed by atoms with Gasteiger partial charge in [0.1, 0.15) is 0 Å². The van der Waals surface area contributed by atoms with E-state index in [9.17, 15) is 0 Å². The lowest BCUT2D eigenvalue weighted by molar-refractivity contribution is -0.103. The summed E-state index contributed by atoms with van der Waals surface area (Å²) in [6.45, 7) is 5.25. The van der Waals surface area contributed by atoms with Crippen molar-refractivity contribution in [1.29, 1.82) is 0 Å². The maximum Gasteiger partial charge on any atom is 0.0693 e. The smallest absolute Gasteiger partial charge is 0.0693 e. The summed E-state index contributed by atoms with van der Waals surface area (Å²) >= 11 is 0. The van der Waals surface area contributed by atoms with Crippen molar-refractivity contribution in [3.63, 3.8) is 0 Å². The van der Waals surface area contributed by atoms with Crippen LogP contribution in [0.4, 0.5) is 0 Å². The molecule has 2 aromatic heterocycles. The highest BCUT2D eigenvalue weighted by molar-refractivity contribution is 5.86. The van der Waals surface area contributed by atoms with Crippen molar-refractivity contribution in [1.82, 2.24) is 20.0 Å². The molecule has 0 spiro atoms. The lowest BCUT2D eigenvalue weighted by Crippen LogP contribution is -2.53. The Morgan fingerprint density at radius 2 is 1.88 bits per heavy atom. The van der Waals surface area contributed by atoms with Gasteiger partial charge in [-0.2, -0.15) is 0 Å². The van der Waals surface area contributed by atoms with Crippen LogP contribution in [0.3, 0.4) is 0 Å². The summed E-state index contributed by atoms with van der Waals surface area (Å²) in [6, 6.07) is 9.70. The molecule has 7 atom stereocenters. The fourth-order valence-electron chi connectivity index (χ4n) is 9.16. The summed E-state index contributed by atoms with van der Waals surface area (Å²) in [6.07, 6.45) is 21.1. The zero-order chi connectivity index (χ0) is 22.9. The predicted molar refractivity (Wildman–Crippen MR) is 136 cm³/mol. The average molecular weight is 453 g/mol. The number of fused-ring (bicyclic) bond motifs is 6. The van der Waals surface area contributed by atoms with Crippen molar-refractivity contribution in [3.8, 4) is 0 Å². The Morgan fingerprint density at radius 3 is 2.76 bits per heavy atom. The van der Waals surface area contributed by atoms with Gasteiger partial charge < -0.3 is 0 Å². The molecular weight excluding hydrogens is 416 g/mol. The van der Waals surface area contributed by atoms with Gasteiger partial charge in [-0.15, -0.1) is 5.10 Å². The Morgan fingerprint density at radius 1 is 0.941 bits per heavy atom. The first kappa shape index (κ1) is 20.8. The number of pyridine rings is 1. The average Bonchev–Trinajstić information content (AvgIpc) is 3.51. The SMILES string of the molecule is C[C@]12CC[C@H](n3ccnn3)CC1CC[C@@H]1C2CC[C@]2(C)C(c3ccc4ccncc4c3)=CC[C@@H]12. The highest BCUT2D eigenvalue weighted by Crippen LogP contribution is 2.68. The standard InChI is InChI=1S/C30H36N4/c1-29-12-9-24(34-16-15-32-33-34)18-23(29)5-6-25-27-8-7-26(30(27,2)13-10-28(25)29)21-4-3-20-11-14-31-19-22(20)17-21/h3-4,7,11,14-17,19,23-25,27-28H,5-6,8-10,12-13,18H2,1-2H3/t23?,24-,25-,27-,28?,29-,30+/m0/s1. The topological polar surface area (TPSA) is 43.6 Å².